The maximum atomic E-state index is 13.4. The molecule has 5 rings (SSSR count). The fourth-order valence-corrected chi connectivity index (χ4v) is 5.13. The third kappa shape index (κ3) is 4.24. The summed E-state index contributed by atoms with van der Waals surface area (Å²) in [5.74, 6) is -0.199. The van der Waals surface area contributed by atoms with Crippen molar-refractivity contribution >= 4 is 39.7 Å². The molecular weight excluding hydrogens is 434 g/mol. The molecule has 0 atom stereocenters. The molecule has 1 N–H and O–H groups in total. The quantitative estimate of drug-likeness (QED) is 0.467. The minimum absolute atomic E-state index is 0.199. The van der Waals surface area contributed by atoms with Gasteiger partial charge in [0, 0.05) is 42.4 Å². The Morgan fingerprint density at radius 1 is 1.06 bits per heavy atom. The molecule has 1 fully saturated rings. The van der Waals surface area contributed by atoms with Gasteiger partial charge in [-0.1, -0.05) is 5.16 Å². The zero-order valence-electron chi connectivity index (χ0n) is 19.3. The summed E-state index contributed by atoms with van der Waals surface area (Å²) in [6.45, 7) is 10.1. The molecule has 0 aliphatic carbocycles. The average molecular weight is 462 g/mol. The van der Waals surface area contributed by atoms with Crippen LogP contribution in [0.3, 0.4) is 0 Å². The van der Waals surface area contributed by atoms with E-state index in [1.165, 1.54) is 10.6 Å². The summed E-state index contributed by atoms with van der Waals surface area (Å²) in [5.41, 5.74) is 5.39. The number of anilines is 2. The molecule has 0 bridgehead atoms. The lowest BCUT2D eigenvalue weighted by Gasteiger charge is -2.35. The smallest absolute Gasteiger partial charge is 0.259 e. The predicted octanol–water partition coefficient (Wildman–Crippen LogP) is 4.88. The Hall–Kier alpha value is -3.23. The van der Waals surface area contributed by atoms with Crippen LogP contribution in [0, 0.1) is 20.8 Å². The number of hydrogen-bond acceptors (Lipinski definition) is 7. The molecule has 7 nitrogen and oxygen atoms in total. The number of thiophene rings is 1. The number of benzene rings is 1. The lowest BCUT2D eigenvalue weighted by Crippen LogP contribution is -2.44. The van der Waals surface area contributed by atoms with Crippen molar-refractivity contribution < 1.29 is 9.32 Å². The number of likely N-dealkylation sites (N-methyl/N-ethyl adjacent to an activating group) is 1. The van der Waals surface area contributed by atoms with Crippen LogP contribution in [-0.4, -0.2) is 54.2 Å². The molecular formula is C25H27N5O2S. The highest BCUT2D eigenvalue weighted by Gasteiger charge is 2.21. The molecule has 3 aromatic heterocycles. The number of aryl methyl sites for hydroxylation is 3. The lowest BCUT2D eigenvalue weighted by atomic mass is 10.1. The van der Waals surface area contributed by atoms with Gasteiger partial charge in [-0.3, -0.25) is 4.79 Å². The maximum absolute atomic E-state index is 13.4. The summed E-state index contributed by atoms with van der Waals surface area (Å²) in [6, 6.07) is 12.0. The minimum Gasteiger partial charge on any atom is -0.369 e. The number of carbonyl (C=O) groups is 1. The number of aromatic nitrogens is 2. The molecule has 1 aliphatic rings. The maximum Gasteiger partial charge on any atom is 0.259 e. The van der Waals surface area contributed by atoms with E-state index in [1.54, 1.807) is 11.3 Å². The van der Waals surface area contributed by atoms with Gasteiger partial charge in [-0.05, 0) is 69.8 Å². The van der Waals surface area contributed by atoms with E-state index in [0.29, 0.717) is 28.1 Å². The van der Waals surface area contributed by atoms with Crippen molar-refractivity contribution in [1.29, 1.82) is 0 Å². The summed E-state index contributed by atoms with van der Waals surface area (Å²) < 4.78 is 5.42. The normalized spacial score (nSPS) is 14.7. The Bertz CT molecular complexity index is 1330. The molecule has 1 aliphatic heterocycles. The second-order valence-electron chi connectivity index (χ2n) is 8.66. The van der Waals surface area contributed by atoms with E-state index in [4.69, 9.17) is 4.52 Å². The van der Waals surface area contributed by atoms with Crippen molar-refractivity contribution in [2.45, 2.75) is 20.8 Å². The first kappa shape index (κ1) is 21.6. The van der Waals surface area contributed by atoms with Crippen molar-refractivity contribution in [3.63, 3.8) is 0 Å². The van der Waals surface area contributed by atoms with Gasteiger partial charge < -0.3 is 19.6 Å². The van der Waals surface area contributed by atoms with Gasteiger partial charge in [0.1, 0.15) is 0 Å². The summed E-state index contributed by atoms with van der Waals surface area (Å²) >= 11 is 1.63. The number of piperazine rings is 1. The van der Waals surface area contributed by atoms with Gasteiger partial charge in [0.15, 0.2) is 0 Å². The van der Waals surface area contributed by atoms with Crippen LogP contribution in [0.4, 0.5) is 11.4 Å². The molecule has 1 aromatic carbocycles. The molecule has 0 radical (unpaired) electrons. The molecule has 4 aromatic rings. The van der Waals surface area contributed by atoms with E-state index in [-0.39, 0.29) is 5.91 Å². The van der Waals surface area contributed by atoms with Gasteiger partial charge >= 0.3 is 0 Å². The van der Waals surface area contributed by atoms with Crippen molar-refractivity contribution in [3.05, 3.63) is 58.1 Å². The monoisotopic (exact) mass is 461 g/mol. The number of nitrogens with zero attached hydrogens (tertiary/aromatic N) is 4. The summed E-state index contributed by atoms with van der Waals surface area (Å²) in [5, 5.41) is 7.76. The Balaban J connectivity index is 1.44. The van der Waals surface area contributed by atoms with E-state index in [9.17, 15) is 4.79 Å². The van der Waals surface area contributed by atoms with Gasteiger partial charge in [-0.15, -0.1) is 11.3 Å². The van der Waals surface area contributed by atoms with E-state index in [0.717, 1.165) is 42.3 Å². The first-order valence-corrected chi connectivity index (χ1v) is 11.9. The van der Waals surface area contributed by atoms with Crippen LogP contribution in [0.25, 0.3) is 21.7 Å². The summed E-state index contributed by atoms with van der Waals surface area (Å²) in [6.07, 6.45) is 0. The van der Waals surface area contributed by atoms with E-state index in [1.807, 2.05) is 44.2 Å². The standard InChI is InChI=1S/C25H27N5O2S/c1-15-13-18(6-7-21(15)30-11-9-29(4)10-12-30)26-24(31)19-14-20(22-8-5-16(2)33-22)27-25-23(19)17(3)28-32-25/h5-8,13-14H,9-12H2,1-4H3,(H,26,31). The van der Waals surface area contributed by atoms with Gasteiger partial charge in [-0.25, -0.2) is 4.98 Å². The second-order valence-corrected chi connectivity index (χ2v) is 9.95. The Morgan fingerprint density at radius 3 is 2.55 bits per heavy atom. The van der Waals surface area contributed by atoms with Crippen molar-refractivity contribution in [2.24, 2.45) is 0 Å². The number of amides is 1. The highest BCUT2D eigenvalue weighted by Crippen LogP contribution is 2.32. The zero-order valence-corrected chi connectivity index (χ0v) is 20.1. The molecule has 4 heterocycles. The second kappa shape index (κ2) is 8.61. The van der Waals surface area contributed by atoms with Gasteiger partial charge in [0.2, 0.25) is 0 Å². The number of pyridine rings is 1. The third-order valence-corrected chi connectivity index (χ3v) is 7.18. The summed E-state index contributed by atoms with van der Waals surface area (Å²) in [4.78, 5) is 24.9. The highest BCUT2D eigenvalue weighted by molar-refractivity contribution is 7.15. The van der Waals surface area contributed by atoms with Crippen LogP contribution in [0.5, 0.6) is 0 Å². The van der Waals surface area contributed by atoms with E-state index in [2.05, 4.69) is 45.3 Å². The topological polar surface area (TPSA) is 74.5 Å². The average Bonchev–Trinajstić information content (AvgIpc) is 3.40. The highest BCUT2D eigenvalue weighted by atomic mass is 32.1. The molecule has 1 saturated heterocycles. The largest absolute Gasteiger partial charge is 0.369 e. The Kier molecular flexibility index (Phi) is 5.64. The van der Waals surface area contributed by atoms with Crippen LogP contribution >= 0.6 is 11.3 Å². The van der Waals surface area contributed by atoms with E-state index < -0.39 is 0 Å². The van der Waals surface area contributed by atoms with Crippen LogP contribution < -0.4 is 10.2 Å². The fraction of sp³-hybridized carbons (Fsp3) is 0.320. The molecule has 0 unspecified atom stereocenters. The number of fused-ring (bicyclic) bond motifs is 1. The van der Waals surface area contributed by atoms with Crippen LogP contribution in [-0.2, 0) is 0 Å². The van der Waals surface area contributed by atoms with Gasteiger partial charge in [0.05, 0.1) is 27.2 Å². The molecule has 0 spiro atoms. The van der Waals surface area contributed by atoms with Gasteiger partial charge in [0.25, 0.3) is 11.6 Å². The molecule has 8 heteroatoms. The van der Waals surface area contributed by atoms with Crippen LogP contribution in [0.1, 0.15) is 26.5 Å². The number of hydrogen-bond donors (Lipinski definition) is 1. The Labute approximate surface area is 197 Å². The first-order valence-electron chi connectivity index (χ1n) is 11.1. The minimum atomic E-state index is -0.199. The number of nitrogens with one attached hydrogen (secondary N) is 1. The summed E-state index contributed by atoms with van der Waals surface area (Å²) in [7, 11) is 2.15. The molecule has 170 valence electrons. The number of rotatable bonds is 4. The van der Waals surface area contributed by atoms with Crippen LogP contribution in [0.2, 0.25) is 0 Å². The zero-order chi connectivity index (χ0) is 23.1. The predicted molar refractivity (Wildman–Crippen MR) is 133 cm³/mol. The fourth-order valence-electron chi connectivity index (χ4n) is 4.31. The Morgan fingerprint density at radius 2 is 1.85 bits per heavy atom. The molecule has 0 saturated carbocycles. The SMILES string of the molecule is Cc1ccc(-c2cc(C(=O)Nc3ccc(N4CCN(C)CC4)c(C)c3)c3c(C)noc3n2)s1. The first-order chi connectivity index (χ1) is 15.9. The third-order valence-electron chi connectivity index (χ3n) is 6.15. The van der Waals surface area contributed by atoms with Gasteiger partial charge in [-0.2, -0.15) is 0 Å². The van der Waals surface area contributed by atoms with Crippen molar-refractivity contribution in [2.75, 3.05) is 43.4 Å². The van der Waals surface area contributed by atoms with E-state index >= 15 is 0 Å². The van der Waals surface area contributed by atoms with Crippen molar-refractivity contribution in [3.8, 4) is 10.6 Å². The molecule has 1 amide bonds. The molecule has 33 heavy (non-hydrogen) atoms. The van der Waals surface area contributed by atoms with Crippen LogP contribution in [0.15, 0.2) is 40.9 Å². The number of carbonyl (C=O) groups excluding carboxylic acids is 1. The van der Waals surface area contributed by atoms with Crippen molar-refractivity contribution in [1.82, 2.24) is 15.0 Å². The lowest BCUT2D eigenvalue weighted by molar-refractivity contribution is 0.102.